The van der Waals surface area contributed by atoms with Gasteiger partial charge in [-0.25, -0.2) is 4.39 Å². The lowest BCUT2D eigenvalue weighted by molar-refractivity contribution is -0.124. The van der Waals surface area contributed by atoms with E-state index in [9.17, 15) is 9.18 Å². The largest absolute Gasteiger partial charge is 0.383 e. The third-order valence-corrected chi connectivity index (χ3v) is 2.96. The molecule has 0 heterocycles. The summed E-state index contributed by atoms with van der Waals surface area (Å²) in [4.78, 5) is 11.9. The van der Waals surface area contributed by atoms with Crippen LogP contribution < -0.4 is 10.6 Å². The molecule has 0 saturated carbocycles. The van der Waals surface area contributed by atoms with Crippen LogP contribution in [-0.2, 0) is 16.0 Å². The second-order valence-corrected chi connectivity index (χ2v) is 4.77. The van der Waals surface area contributed by atoms with E-state index in [1.807, 2.05) is 13.0 Å². The van der Waals surface area contributed by atoms with Crippen molar-refractivity contribution in [2.45, 2.75) is 13.3 Å². The number of hydrogen-bond donors (Lipinski definition) is 2. The minimum Gasteiger partial charge on any atom is -0.383 e. The quantitative estimate of drug-likeness (QED) is 0.672. The summed E-state index contributed by atoms with van der Waals surface area (Å²) < 4.78 is 18.0. The first-order chi connectivity index (χ1) is 9.63. The zero-order chi connectivity index (χ0) is 14.8. The molecule has 0 bridgehead atoms. The molecule has 112 valence electrons. The van der Waals surface area contributed by atoms with Crippen molar-refractivity contribution < 1.29 is 13.9 Å². The standard InChI is InChI=1S/C15H23FN2O2/c1-12(10-13-4-3-5-14(16)11-13)15(19)18-7-6-17-8-9-20-2/h3-5,11-12,17H,6-10H2,1-2H3,(H,18,19). The van der Waals surface area contributed by atoms with Crippen molar-refractivity contribution in [2.24, 2.45) is 5.92 Å². The van der Waals surface area contributed by atoms with Crippen molar-refractivity contribution in [3.05, 3.63) is 35.6 Å². The molecule has 4 nitrogen and oxygen atoms in total. The van der Waals surface area contributed by atoms with Gasteiger partial charge in [0.05, 0.1) is 6.61 Å². The highest BCUT2D eigenvalue weighted by atomic mass is 19.1. The summed E-state index contributed by atoms with van der Waals surface area (Å²) in [5.41, 5.74) is 0.839. The molecular weight excluding hydrogens is 259 g/mol. The maximum atomic E-state index is 13.0. The second-order valence-electron chi connectivity index (χ2n) is 4.77. The molecule has 0 saturated heterocycles. The van der Waals surface area contributed by atoms with E-state index >= 15 is 0 Å². The van der Waals surface area contributed by atoms with Crippen LogP contribution in [0.3, 0.4) is 0 Å². The average molecular weight is 282 g/mol. The van der Waals surface area contributed by atoms with Crippen LogP contribution in [0.2, 0.25) is 0 Å². The van der Waals surface area contributed by atoms with Crippen LogP contribution in [0.5, 0.6) is 0 Å². The Hall–Kier alpha value is -1.46. The van der Waals surface area contributed by atoms with Crippen molar-refractivity contribution in [3.63, 3.8) is 0 Å². The third kappa shape index (κ3) is 6.63. The Morgan fingerprint density at radius 3 is 2.85 bits per heavy atom. The maximum Gasteiger partial charge on any atom is 0.223 e. The molecule has 0 aliphatic carbocycles. The molecule has 20 heavy (non-hydrogen) atoms. The van der Waals surface area contributed by atoms with Crippen molar-refractivity contribution in [2.75, 3.05) is 33.4 Å². The van der Waals surface area contributed by atoms with Crippen LogP contribution in [0.4, 0.5) is 4.39 Å². The van der Waals surface area contributed by atoms with Crippen molar-refractivity contribution in [3.8, 4) is 0 Å². The van der Waals surface area contributed by atoms with Gasteiger partial charge in [0.1, 0.15) is 5.82 Å². The molecule has 0 aliphatic heterocycles. The van der Waals surface area contributed by atoms with E-state index in [2.05, 4.69) is 10.6 Å². The van der Waals surface area contributed by atoms with Crippen LogP contribution in [-0.4, -0.2) is 39.3 Å². The molecule has 0 radical (unpaired) electrons. The molecule has 0 spiro atoms. The lowest BCUT2D eigenvalue weighted by atomic mass is 10.0. The number of hydrogen-bond acceptors (Lipinski definition) is 3. The summed E-state index contributed by atoms with van der Waals surface area (Å²) in [7, 11) is 1.65. The second kappa shape index (κ2) is 9.44. The van der Waals surface area contributed by atoms with Crippen molar-refractivity contribution >= 4 is 5.91 Å². The Morgan fingerprint density at radius 1 is 1.35 bits per heavy atom. The molecular formula is C15H23FN2O2. The Bertz CT molecular complexity index is 413. The van der Waals surface area contributed by atoms with Gasteiger partial charge in [0.25, 0.3) is 0 Å². The molecule has 0 aliphatic rings. The molecule has 2 N–H and O–H groups in total. The van der Waals surface area contributed by atoms with E-state index in [4.69, 9.17) is 4.74 Å². The van der Waals surface area contributed by atoms with Gasteiger partial charge in [-0.15, -0.1) is 0 Å². The van der Waals surface area contributed by atoms with Crippen LogP contribution in [0.15, 0.2) is 24.3 Å². The number of benzene rings is 1. The van der Waals surface area contributed by atoms with Gasteiger partial charge in [0.2, 0.25) is 5.91 Å². The lowest BCUT2D eigenvalue weighted by Gasteiger charge is -2.12. The number of nitrogens with one attached hydrogen (secondary N) is 2. The van der Waals surface area contributed by atoms with Gasteiger partial charge in [0.15, 0.2) is 0 Å². The molecule has 1 rings (SSSR count). The van der Waals surface area contributed by atoms with Crippen LogP contribution in [0, 0.1) is 11.7 Å². The first-order valence-electron chi connectivity index (χ1n) is 6.85. The molecule has 5 heteroatoms. The Balaban J connectivity index is 2.22. The van der Waals surface area contributed by atoms with Crippen molar-refractivity contribution in [1.82, 2.24) is 10.6 Å². The summed E-state index contributed by atoms with van der Waals surface area (Å²) >= 11 is 0. The Labute approximate surface area is 119 Å². The summed E-state index contributed by atoms with van der Waals surface area (Å²) in [6, 6.07) is 6.37. The van der Waals surface area contributed by atoms with Crippen LogP contribution in [0.25, 0.3) is 0 Å². The first kappa shape index (κ1) is 16.6. The smallest absolute Gasteiger partial charge is 0.223 e. The summed E-state index contributed by atoms with van der Waals surface area (Å²) in [6.45, 7) is 4.56. The normalized spacial score (nSPS) is 12.2. The molecule has 0 fully saturated rings. The average Bonchev–Trinajstić information content (AvgIpc) is 2.42. The van der Waals surface area contributed by atoms with Crippen LogP contribution >= 0.6 is 0 Å². The minimum absolute atomic E-state index is 0.0113. The van der Waals surface area contributed by atoms with Gasteiger partial charge >= 0.3 is 0 Å². The third-order valence-electron chi connectivity index (χ3n) is 2.96. The summed E-state index contributed by atoms with van der Waals surface area (Å²) in [5, 5.41) is 6.01. The van der Waals surface area contributed by atoms with E-state index in [1.165, 1.54) is 12.1 Å². The fraction of sp³-hybridized carbons (Fsp3) is 0.533. The first-order valence-corrected chi connectivity index (χ1v) is 6.85. The predicted molar refractivity (Wildman–Crippen MR) is 77.0 cm³/mol. The monoisotopic (exact) mass is 282 g/mol. The molecule has 1 atom stereocenters. The number of rotatable bonds is 9. The van der Waals surface area contributed by atoms with E-state index in [-0.39, 0.29) is 17.6 Å². The van der Waals surface area contributed by atoms with Gasteiger partial charge in [0, 0.05) is 32.7 Å². The predicted octanol–water partition coefficient (Wildman–Crippen LogP) is 1.36. The fourth-order valence-corrected chi connectivity index (χ4v) is 1.86. The number of carbonyl (C=O) groups is 1. The van der Waals surface area contributed by atoms with Gasteiger partial charge in [-0.2, -0.15) is 0 Å². The SMILES string of the molecule is COCCNCCNC(=O)C(C)Cc1cccc(F)c1. The Kier molecular flexibility index (Phi) is 7.84. The molecule has 1 amide bonds. The highest BCUT2D eigenvalue weighted by Gasteiger charge is 2.13. The summed E-state index contributed by atoms with van der Waals surface area (Å²) in [5.74, 6) is -0.448. The topological polar surface area (TPSA) is 50.4 Å². The fourth-order valence-electron chi connectivity index (χ4n) is 1.86. The highest BCUT2D eigenvalue weighted by Crippen LogP contribution is 2.10. The molecule has 1 aromatic carbocycles. The summed E-state index contributed by atoms with van der Waals surface area (Å²) in [6.07, 6.45) is 0.542. The highest BCUT2D eigenvalue weighted by molar-refractivity contribution is 5.78. The van der Waals surface area contributed by atoms with Crippen LogP contribution in [0.1, 0.15) is 12.5 Å². The number of amides is 1. The maximum absolute atomic E-state index is 13.0. The van der Waals surface area contributed by atoms with Gasteiger partial charge in [-0.3, -0.25) is 4.79 Å². The van der Waals surface area contributed by atoms with Gasteiger partial charge < -0.3 is 15.4 Å². The number of carbonyl (C=O) groups excluding carboxylic acids is 1. The number of halogens is 1. The number of methoxy groups -OCH3 is 1. The Morgan fingerprint density at radius 2 is 2.15 bits per heavy atom. The molecule has 1 aromatic rings. The van der Waals surface area contributed by atoms with E-state index in [1.54, 1.807) is 13.2 Å². The van der Waals surface area contributed by atoms with Crippen molar-refractivity contribution in [1.29, 1.82) is 0 Å². The lowest BCUT2D eigenvalue weighted by Crippen LogP contribution is -2.36. The number of ether oxygens (including phenoxy) is 1. The van der Waals surface area contributed by atoms with E-state index in [0.29, 0.717) is 26.1 Å². The minimum atomic E-state index is -0.266. The van der Waals surface area contributed by atoms with E-state index in [0.717, 1.165) is 12.1 Å². The zero-order valence-corrected chi connectivity index (χ0v) is 12.1. The zero-order valence-electron chi connectivity index (χ0n) is 12.1. The van der Waals surface area contributed by atoms with Gasteiger partial charge in [-0.1, -0.05) is 19.1 Å². The van der Waals surface area contributed by atoms with E-state index < -0.39 is 0 Å². The van der Waals surface area contributed by atoms with Gasteiger partial charge in [-0.05, 0) is 24.1 Å². The molecule has 0 aromatic heterocycles. The molecule has 1 unspecified atom stereocenters.